The van der Waals surface area contributed by atoms with Gasteiger partial charge in [0.15, 0.2) is 0 Å². The van der Waals surface area contributed by atoms with Crippen molar-refractivity contribution in [2.45, 2.75) is 80.4 Å². The van der Waals surface area contributed by atoms with E-state index in [4.69, 9.17) is 57.7 Å². The van der Waals surface area contributed by atoms with Gasteiger partial charge in [0, 0.05) is 58.4 Å². The summed E-state index contributed by atoms with van der Waals surface area (Å²) in [6.45, 7) is 19.0. The highest BCUT2D eigenvalue weighted by molar-refractivity contribution is 9.10. The lowest BCUT2D eigenvalue weighted by Crippen LogP contribution is -2.41. The zero-order valence-corrected chi connectivity index (χ0v) is 48.6. The van der Waals surface area contributed by atoms with Crippen LogP contribution in [-0.2, 0) is 21.1 Å². The van der Waals surface area contributed by atoms with Gasteiger partial charge in [0.05, 0.1) is 99.3 Å². The molecule has 80 heavy (non-hydrogen) atoms. The van der Waals surface area contributed by atoms with Crippen LogP contribution in [0, 0.1) is 41.5 Å². The molecule has 1 amide bonds. The lowest BCUT2D eigenvalue weighted by molar-refractivity contribution is 0.00578. The van der Waals surface area contributed by atoms with Gasteiger partial charge in [0.1, 0.15) is 36.3 Å². The number of amides is 1. The van der Waals surface area contributed by atoms with Gasteiger partial charge in [-0.25, -0.2) is 44.2 Å². The van der Waals surface area contributed by atoms with E-state index in [0.717, 1.165) is 22.3 Å². The molecule has 8 heterocycles. The van der Waals surface area contributed by atoms with E-state index in [1.807, 2.05) is 41.5 Å². The first-order chi connectivity index (χ1) is 37.9. The number of ether oxygens (including phenoxy) is 1. The van der Waals surface area contributed by atoms with Crippen LogP contribution in [0.1, 0.15) is 93.1 Å². The number of carboxylic acid groups (broad SMARTS) is 1. The highest BCUT2D eigenvalue weighted by Gasteiger charge is 2.53. The van der Waals surface area contributed by atoms with Gasteiger partial charge >= 0.3 is 19.1 Å². The molecule has 1 saturated heterocycles. The van der Waals surface area contributed by atoms with Gasteiger partial charge in [-0.2, -0.15) is 0 Å². The molecular weight excluding hydrogens is 1170 g/mol. The third-order valence-corrected chi connectivity index (χ3v) is 15.2. The molecule has 2 N–H and O–H groups in total. The van der Waals surface area contributed by atoms with Crippen LogP contribution in [0.25, 0.3) is 55.0 Å². The Bertz CT molecular complexity index is 3960. The summed E-state index contributed by atoms with van der Waals surface area (Å²) in [4.78, 5) is 60.2. The molecule has 10 aromatic rings. The van der Waals surface area contributed by atoms with Crippen molar-refractivity contribution in [1.82, 2.24) is 65.6 Å². The Balaban J connectivity index is 0.000000144. The number of fused-ring (bicyclic) bond motifs is 3. The summed E-state index contributed by atoms with van der Waals surface area (Å²) >= 11 is 22.3. The van der Waals surface area contributed by atoms with Crippen LogP contribution in [0.5, 0.6) is 0 Å². The molecule has 11 rings (SSSR count). The fourth-order valence-corrected chi connectivity index (χ4v) is 9.71. The molecule has 0 atom stereocenters. The van der Waals surface area contributed by atoms with E-state index in [1.54, 1.807) is 65.5 Å². The number of esters is 1. The van der Waals surface area contributed by atoms with Crippen molar-refractivity contribution in [3.63, 3.8) is 0 Å². The second-order valence-corrected chi connectivity index (χ2v) is 20.7. The third-order valence-electron chi connectivity index (χ3n) is 13.0. The van der Waals surface area contributed by atoms with Crippen molar-refractivity contribution in [2.75, 3.05) is 12.4 Å². The maximum absolute atomic E-state index is 12.8. The van der Waals surface area contributed by atoms with Crippen LogP contribution in [0.3, 0.4) is 0 Å². The average molecular weight is 1210 g/mol. The summed E-state index contributed by atoms with van der Waals surface area (Å²) in [6.07, 6.45) is 9.00. The molecular formula is C51H47BBrCl3N14O10. The van der Waals surface area contributed by atoms with E-state index in [1.165, 1.54) is 36.8 Å². The maximum atomic E-state index is 12.8. The summed E-state index contributed by atoms with van der Waals surface area (Å²) in [5.41, 5.74) is 7.12. The second-order valence-electron chi connectivity index (χ2n) is 18.8. The fraction of sp³-hybridized carbons (Fsp3) is 0.275. The van der Waals surface area contributed by atoms with Gasteiger partial charge in [-0.1, -0.05) is 55.4 Å². The van der Waals surface area contributed by atoms with Crippen molar-refractivity contribution in [3.05, 3.63) is 126 Å². The largest absolute Gasteiger partial charge is 0.500 e. The van der Waals surface area contributed by atoms with Crippen LogP contribution < -0.4 is 10.8 Å². The molecule has 1 aliphatic rings. The molecule has 3 aromatic carbocycles. The van der Waals surface area contributed by atoms with Gasteiger partial charge in [0.2, 0.25) is 5.95 Å². The van der Waals surface area contributed by atoms with Crippen molar-refractivity contribution >= 4 is 120 Å². The van der Waals surface area contributed by atoms with Gasteiger partial charge in [-0.05, 0) is 114 Å². The van der Waals surface area contributed by atoms with Crippen molar-refractivity contribution in [2.24, 2.45) is 7.05 Å². The first-order valence-corrected chi connectivity index (χ1v) is 25.7. The summed E-state index contributed by atoms with van der Waals surface area (Å²) in [6, 6.07) is 4.69. The number of aromatic carboxylic acids is 1. The highest BCUT2D eigenvalue weighted by atomic mass is 79.9. The molecule has 24 nitrogen and oxygen atoms in total. The number of carbonyl (C=O) groups excluding carboxylic acids is 2. The number of hydrogen-bond donors (Lipinski definition) is 2. The van der Waals surface area contributed by atoms with Gasteiger partial charge in [-0.3, -0.25) is 10.1 Å². The molecule has 0 aliphatic carbocycles. The molecule has 0 bridgehead atoms. The van der Waals surface area contributed by atoms with E-state index in [0.29, 0.717) is 82.5 Å². The van der Waals surface area contributed by atoms with Crippen LogP contribution in [0.2, 0.25) is 15.1 Å². The number of tetrazole rings is 1. The molecule has 0 saturated carbocycles. The summed E-state index contributed by atoms with van der Waals surface area (Å²) in [7, 11) is 2.54. The Morgan fingerprint density at radius 1 is 0.650 bits per heavy atom. The maximum Gasteiger partial charge on any atom is 0.500 e. The molecule has 0 spiro atoms. The lowest BCUT2D eigenvalue weighted by atomic mass is 9.77. The molecule has 29 heteroatoms. The third kappa shape index (κ3) is 11.4. The molecule has 7 aromatic heterocycles. The number of methoxy groups -OCH3 is 1. The molecule has 412 valence electrons. The number of hydrogen-bond acceptors (Lipinski definition) is 21. The topological polar surface area (TPSA) is 310 Å². The minimum Gasteiger partial charge on any atom is -0.478 e. The quantitative estimate of drug-likeness (QED) is 0.111. The van der Waals surface area contributed by atoms with E-state index in [-0.39, 0.29) is 50.5 Å². The Morgan fingerprint density at radius 3 is 1.54 bits per heavy atom. The number of anilines is 1. The summed E-state index contributed by atoms with van der Waals surface area (Å²) < 4.78 is 34.0. The number of aryl methyl sites for hydroxylation is 7. The minimum atomic E-state index is -1.11. The zero-order chi connectivity index (χ0) is 58.1. The van der Waals surface area contributed by atoms with E-state index in [9.17, 15) is 19.5 Å². The predicted molar refractivity (Wildman–Crippen MR) is 298 cm³/mol. The summed E-state index contributed by atoms with van der Waals surface area (Å²) in [5.74, 6) is 0.0171. The normalized spacial score (nSPS) is 13.3. The van der Waals surface area contributed by atoms with Crippen LogP contribution in [0.4, 0.5) is 5.95 Å². The Labute approximate surface area is 478 Å². The van der Waals surface area contributed by atoms with Crippen molar-refractivity contribution < 1.29 is 47.1 Å². The Hall–Kier alpha value is -7.88. The number of benzene rings is 3. The molecule has 0 unspecified atom stereocenters. The molecule has 1 fully saturated rings. The van der Waals surface area contributed by atoms with Crippen molar-refractivity contribution in [3.8, 4) is 22.3 Å². The number of nitrogens with one attached hydrogen (secondary N) is 1. The monoisotopic (exact) mass is 1210 g/mol. The zero-order valence-electron chi connectivity index (χ0n) is 44.7. The Kier molecular flexibility index (Phi) is 17.1. The smallest absolute Gasteiger partial charge is 0.478 e. The highest BCUT2D eigenvalue weighted by Crippen LogP contribution is 2.42. The van der Waals surface area contributed by atoms with Gasteiger partial charge in [0.25, 0.3) is 5.91 Å². The standard InChI is InChI=1S/C16H13ClN8O2.C14H10ClN3O3.C11H18BNO3.C10H6BrClN2O2/c1-7-11(8(2)27-22-7)12-13(17)10(4-9-5-18-6-19-14(9)12)15(26)20-16-21-23-24-25(16)3;1-6-10(7(2)21-18-6)11-12(15)9(14(19)20)3-8-4-16-5-17-13(8)11;1-7-9(8(2)14-13-7)12-15-10(3,4)11(5,6)16-12;1-16-10(15)6-2-5-3-13-4-14-9(5)7(11)8(6)12/h4-6H,1-3H3,(H,20,21,24,26);3-5H,1-2H3,(H,19,20);1-6H3;2-4H,1H3. The molecule has 0 radical (unpaired) electrons. The summed E-state index contributed by atoms with van der Waals surface area (Å²) in [5, 5.41) is 37.3. The van der Waals surface area contributed by atoms with E-state index < -0.39 is 17.8 Å². The minimum absolute atomic E-state index is 0.00559. The average Bonchev–Trinajstić information content (AvgIpc) is 4.25. The van der Waals surface area contributed by atoms with Gasteiger partial charge < -0.3 is 32.7 Å². The van der Waals surface area contributed by atoms with E-state index in [2.05, 4.69) is 86.9 Å². The fourth-order valence-electron chi connectivity index (χ4n) is 8.30. The number of rotatable bonds is 7. The number of halogens is 4. The van der Waals surface area contributed by atoms with Crippen LogP contribution in [-0.4, -0.2) is 114 Å². The lowest BCUT2D eigenvalue weighted by Gasteiger charge is -2.32. The first kappa shape index (κ1) is 58.3. The predicted octanol–water partition coefficient (Wildman–Crippen LogP) is 10.0. The van der Waals surface area contributed by atoms with Crippen LogP contribution in [0.15, 0.2) is 73.8 Å². The second kappa shape index (κ2) is 23.5. The SMILES string of the molecule is COC(=O)c1cc2cncnc2c(Br)c1Cl.Cc1noc(C)c1-c1c(Cl)c(C(=O)Nc2nnnn2C)cc2cncnc12.Cc1noc(C)c1-c1c(Cl)c(C(=O)O)cc2cncnc12.Cc1noc(C)c1B1OC(C)(C)C(C)(C)O1. The number of carbonyl (C=O) groups is 3. The number of carboxylic acids is 1. The van der Waals surface area contributed by atoms with Gasteiger partial charge in [-0.15, -0.1) is 0 Å². The Morgan fingerprint density at radius 2 is 1.10 bits per heavy atom. The number of aromatic nitrogens is 13. The number of nitrogens with zero attached hydrogens (tertiary/aromatic N) is 13. The van der Waals surface area contributed by atoms with Crippen molar-refractivity contribution in [1.29, 1.82) is 0 Å². The first-order valence-electron chi connectivity index (χ1n) is 23.8. The van der Waals surface area contributed by atoms with E-state index >= 15 is 0 Å². The molecule has 1 aliphatic heterocycles. The van der Waals surface area contributed by atoms with Crippen LogP contribution >= 0.6 is 50.7 Å².